The number of aliphatic hydroxyl groups is 1. The molecule has 3 heteroatoms. The third-order valence-corrected chi connectivity index (χ3v) is 1.72. The van der Waals surface area contributed by atoms with Crippen molar-refractivity contribution in [2.75, 3.05) is 0 Å². The molecule has 0 saturated carbocycles. The van der Waals surface area contributed by atoms with Crippen molar-refractivity contribution in [1.29, 1.82) is 0 Å². The quantitative estimate of drug-likeness (QED) is 0.740. The Hall–Kier alpha value is -0.830. The maximum absolute atomic E-state index is 9.44. The van der Waals surface area contributed by atoms with Gasteiger partial charge in [0.25, 0.3) is 0 Å². The summed E-state index contributed by atoms with van der Waals surface area (Å²) in [5.41, 5.74) is 0.561. The average Bonchev–Trinajstić information content (AvgIpc) is 2.30. The predicted molar refractivity (Wildman–Crippen MR) is 47.9 cm³/mol. The molecule has 68 valence electrons. The normalized spacial score (nSPS) is 12.0. The topological polar surface area (TPSA) is 38.0 Å². The average molecular weight is 168 g/mol. The van der Waals surface area contributed by atoms with Gasteiger partial charge in [0.15, 0.2) is 0 Å². The molecule has 1 rings (SSSR count). The highest BCUT2D eigenvalue weighted by molar-refractivity contribution is 4.99. The van der Waals surface area contributed by atoms with E-state index in [1.165, 1.54) is 0 Å². The molecule has 0 radical (unpaired) electrons. The van der Waals surface area contributed by atoms with Gasteiger partial charge in [-0.05, 0) is 32.8 Å². The minimum absolute atomic E-state index is 0.597. The molecule has 3 nitrogen and oxygen atoms in total. The Bertz CT molecular complexity index is 247. The van der Waals surface area contributed by atoms with Gasteiger partial charge in [-0.25, -0.2) is 0 Å². The van der Waals surface area contributed by atoms with Gasteiger partial charge < -0.3 is 5.11 Å². The minimum atomic E-state index is -0.597. The van der Waals surface area contributed by atoms with Crippen LogP contribution in [0.2, 0.25) is 0 Å². The second kappa shape index (κ2) is 3.27. The zero-order valence-corrected chi connectivity index (χ0v) is 7.91. The third kappa shape index (κ3) is 3.05. The van der Waals surface area contributed by atoms with Gasteiger partial charge in [-0.15, -0.1) is 0 Å². The van der Waals surface area contributed by atoms with Crippen LogP contribution in [0.25, 0.3) is 0 Å². The van der Waals surface area contributed by atoms with Crippen molar-refractivity contribution in [2.45, 2.75) is 39.3 Å². The van der Waals surface area contributed by atoms with E-state index in [-0.39, 0.29) is 0 Å². The first-order valence-electron chi connectivity index (χ1n) is 4.19. The zero-order chi connectivity index (χ0) is 9.19. The van der Waals surface area contributed by atoms with E-state index in [1.807, 2.05) is 37.8 Å². The number of aryl methyl sites for hydroxylation is 2. The molecule has 0 fully saturated rings. The lowest BCUT2D eigenvalue weighted by molar-refractivity contribution is 0.0651. The summed E-state index contributed by atoms with van der Waals surface area (Å²) in [6, 6.07) is 0. The molecule has 0 aromatic carbocycles. The Labute approximate surface area is 73.0 Å². The minimum Gasteiger partial charge on any atom is -0.390 e. The Balaban J connectivity index is 2.44. The first-order valence-corrected chi connectivity index (χ1v) is 4.19. The van der Waals surface area contributed by atoms with E-state index in [2.05, 4.69) is 5.10 Å². The summed E-state index contributed by atoms with van der Waals surface area (Å²) in [4.78, 5) is 0. The third-order valence-electron chi connectivity index (χ3n) is 1.72. The van der Waals surface area contributed by atoms with Crippen molar-refractivity contribution < 1.29 is 5.11 Å². The maximum Gasteiger partial charge on any atom is 0.0609 e. The molecule has 0 saturated heterocycles. The lowest BCUT2D eigenvalue weighted by Crippen LogP contribution is -2.21. The Morgan fingerprint density at radius 3 is 2.67 bits per heavy atom. The Morgan fingerprint density at radius 1 is 1.58 bits per heavy atom. The molecule has 0 spiro atoms. The van der Waals surface area contributed by atoms with E-state index in [1.54, 1.807) is 0 Å². The fourth-order valence-electron chi connectivity index (χ4n) is 0.977. The number of hydrogen-bond donors (Lipinski definition) is 1. The molecule has 0 amide bonds. The van der Waals surface area contributed by atoms with Gasteiger partial charge in [-0.1, -0.05) is 0 Å². The van der Waals surface area contributed by atoms with Crippen LogP contribution in [0, 0.1) is 6.92 Å². The molecule has 1 N–H and O–H groups in total. The van der Waals surface area contributed by atoms with Crippen molar-refractivity contribution in [3.8, 4) is 0 Å². The van der Waals surface area contributed by atoms with Gasteiger partial charge in [0, 0.05) is 12.7 Å². The van der Waals surface area contributed by atoms with Crippen molar-refractivity contribution >= 4 is 0 Å². The van der Waals surface area contributed by atoms with E-state index in [4.69, 9.17) is 0 Å². The molecular formula is C9H16N2O. The largest absolute Gasteiger partial charge is 0.390 e. The van der Waals surface area contributed by atoms with Crippen LogP contribution in [0.15, 0.2) is 12.4 Å². The summed E-state index contributed by atoms with van der Waals surface area (Å²) >= 11 is 0. The van der Waals surface area contributed by atoms with Gasteiger partial charge in [-0.2, -0.15) is 5.10 Å². The standard InChI is InChI=1S/C9H16N2O/c1-8-6-10-11(7-8)5-4-9(2,3)12/h6-7,12H,4-5H2,1-3H3. The molecule has 0 atom stereocenters. The van der Waals surface area contributed by atoms with E-state index < -0.39 is 5.60 Å². The molecule has 1 heterocycles. The van der Waals surface area contributed by atoms with Gasteiger partial charge >= 0.3 is 0 Å². The smallest absolute Gasteiger partial charge is 0.0609 e. The SMILES string of the molecule is Cc1cnn(CCC(C)(C)O)c1. The van der Waals surface area contributed by atoms with Crippen LogP contribution < -0.4 is 0 Å². The number of aromatic nitrogens is 2. The summed E-state index contributed by atoms with van der Waals surface area (Å²) < 4.78 is 1.85. The fourth-order valence-corrected chi connectivity index (χ4v) is 0.977. The second-order valence-electron chi connectivity index (χ2n) is 3.84. The van der Waals surface area contributed by atoms with Crippen LogP contribution in [-0.4, -0.2) is 20.5 Å². The fraction of sp³-hybridized carbons (Fsp3) is 0.667. The number of nitrogens with zero attached hydrogens (tertiary/aromatic N) is 2. The lowest BCUT2D eigenvalue weighted by Gasteiger charge is -2.16. The molecule has 0 unspecified atom stereocenters. The molecule has 0 aliphatic heterocycles. The second-order valence-corrected chi connectivity index (χ2v) is 3.84. The highest BCUT2D eigenvalue weighted by Crippen LogP contribution is 2.08. The summed E-state index contributed by atoms with van der Waals surface area (Å²) in [5.74, 6) is 0. The van der Waals surface area contributed by atoms with Gasteiger partial charge in [-0.3, -0.25) is 4.68 Å². The zero-order valence-electron chi connectivity index (χ0n) is 7.91. The molecule has 0 aliphatic carbocycles. The van der Waals surface area contributed by atoms with Crippen LogP contribution >= 0.6 is 0 Å². The summed E-state index contributed by atoms with van der Waals surface area (Å²) in [6.07, 6.45) is 4.53. The molecule has 0 aliphatic rings. The Morgan fingerprint density at radius 2 is 2.25 bits per heavy atom. The van der Waals surface area contributed by atoms with E-state index in [0.29, 0.717) is 0 Å². The lowest BCUT2D eigenvalue weighted by atomic mass is 10.1. The highest BCUT2D eigenvalue weighted by atomic mass is 16.3. The van der Waals surface area contributed by atoms with Gasteiger partial charge in [0.2, 0.25) is 0 Å². The molecule has 1 aromatic heterocycles. The predicted octanol–water partition coefficient (Wildman–Crippen LogP) is 1.35. The first-order chi connectivity index (χ1) is 5.47. The summed E-state index contributed by atoms with van der Waals surface area (Å²) in [7, 11) is 0. The van der Waals surface area contributed by atoms with Crippen molar-refractivity contribution in [3.05, 3.63) is 18.0 Å². The maximum atomic E-state index is 9.44. The van der Waals surface area contributed by atoms with Crippen LogP contribution in [0.1, 0.15) is 25.8 Å². The molecule has 0 bridgehead atoms. The van der Waals surface area contributed by atoms with E-state index in [0.717, 1.165) is 18.5 Å². The van der Waals surface area contributed by atoms with Crippen molar-refractivity contribution in [2.24, 2.45) is 0 Å². The molecule has 12 heavy (non-hydrogen) atoms. The highest BCUT2D eigenvalue weighted by Gasteiger charge is 2.11. The Kier molecular flexibility index (Phi) is 2.52. The number of hydrogen-bond acceptors (Lipinski definition) is 2. The van der Waals surface area contributed by atoms with Crippen LogP contribution in [0.5, 0.6) is 0 Å². The van der Waals surface area contributed by atoms with E-state index >= 15 is 0 Å². The van der Waals surface area contributed by atoms with Crippen molar-refractivity contribution in [3.63, 3.8) is 0 Å². The molecule has 1 aromatic rings. The monoisotopic (exact) mass is 168 g/mol. The van der Waals surface area contributed by atoms with Crippen molar-refractivity contribution in [1.82, 2.24) is 9.78 Å². The van der Waals surface area contributed by atoms with Gasteiger partial charge in [0.05, 0.1) is 11.8 Å². The van der Waals surface area contributed by atoms with Crippen LogP contribution in [-0.2, 0) is 6.54 Å². The molecular weight excluding hydrogens is 152 g/mol. The van der Waals surface area contributed by atoms with Crippen LogP contribution in [0.3, 0.4) is 0 Å². The summed E-state index contributed by atoms with van der Waals surface area (Å²) in [5, 5.41) is 13.6. The van der Waals surface area contributed by atoms with E-state index in [9.17, 15) is 5.11 Å². The number of rotatable bonds is 3. The summed E-state index contributed by atoms with van der Waals surface area (Å²) in [6.45, 7) is 6.40. The van der Waals surface area contributed by atoms with Crippen LogP contribution in [0.4, 0.5) is 0 Å². The van der Waals surface area contributed by atoms with Gasteiger partial charge in [0.1, 0.15) is 0 Å². The first kappa shape index (κ1) is 9.26.